The predicted molar refractivity (Wildman–Crippen MR) is 349 cm³/mol. The molecular formula is C75H106. The van der Waals surface area contributed by atoms with Crippen molar-refractivity contribution in [3.05, 3.63) is 185 Å². The van der Waals surface area contributed by atoms with Crippen LogP contribution in [0.15, 0.2) is 163 Å². The largest absolute Gasteiger partial charge is 0.0842 e. The molecule has 0 N–H and O–H groups in total. The molecule has 10 rings (SSSR count). The second-order valence-electron chi connectivity index (χ2n) is 18.9. The predicted octanol–water partition coefficient (Wildman–Crippen LogP) is 25.3. The maximum atomic E-state index is 2.41. The van der Waals surface area contributed by atoms with E-state index >= 15 is 0 Å². The quantitative estimate of drug-likeness (QED) is 0.146. The van der Waals surface area contributed by atoms with Gasteiger partial charge in [0.15, 0.2) is 0 Å². The standard InChI is InChI=1S/C32H26.C22H22.C6H14.C3H8.6C2H6/c1-3-4-22-7-11-24(12-8-22)28-18-14-26-15-19-29-27(23-9-5-21(2)6-10-23)17-13-25-16-20-30(28)32(26)31(25)29;1-15-11-17-7-3-5-9-19(17)13-21(15)22-14-20-10-6-4-8-18(20)12-16(22)2;1-5(2)6(3)4;1-3-2;6*1-2/h5-20H,3-4H2,1-2H3;3-5,7-9,11-13,20H,6,10,14H2,1-2H3;5-6H,1-4H3;3H2,1-2H3;6*1-2H3. The molecule has 406 valence electrons. The van der Waals surface area contributed by atoms with Gasteiger partial charge in [0.05, 0.1) is 0 Å². The van der Waals surface area contributed by atoms with E-state index in [1.54, 1.807) is 5.57 Å². The molecule has 1 unspecified atom stereocenters. The Morgan fingerprint density at radius 2 is 0.920 bits per heavy atom. The van der Waals surface area contributed by atoms with Crippen molar-refractivity contribution in [3.8, 4) is 22.3 Å². The molecule has 0 aromatic heterocycles. The topological polar surface area (TPSA) is 0 Å². The highest BCUT2D eigenvalue weighted by Crippen LogP contribution is 2.43. The van der Waals surface area contributed by atoms with E-state index in [2.05, 4.69) is 221 Å². The molecule has 2 aliphatic rings. The first-order valence-electron chi connectivity index (χ1n) is 30.0. The average molecular weight is 1010 g/mol. The van der Waals surface area contributed by atoms with E-state index in [4.69, 9.17) is 0 Å². The SMILES string of the molecule is CC.CC.CC.CC.CC.CC.CC(C)C(C)C.CC1=C(c2cc3ccccc3cc2C)CC2CCC=CC2=C1.CCC.CCCc1ccc(-c2ccc3ccc4c(-c5ccc(C)cc5)ccc5ccc2c3c54)cc1. The number of hydrogen-bond acceptors (Lipinski definition) is 0. The minimum Gasteiger partial charge on any atom is -0.0842 e. The molecule has 0 heterocycles. The van der Waals surface area contributed by atoms with E-state index in [-0.39, 0.29) is 0 Å². The van der Waals surface area contributed by atoms with Gasteiger partial charge in [0.2, 0.25) is 0 Å². The summed E-state index contributed by atoms with van der Waals surface area (Å²) in [4.78, 5) is 0. The molecule has 0 fully saturated rings. The summed E-state index contributed by atoms with van der Waals surface area (Å²) in [6.07, 6.45) is 14.4. The van der Waals surface area contributed by atoms with Crippen molar-refractivity contribution in [1.29, 1.82) is 0 Å². The van der Waals surface area contributed by atoms with E-state index < -0.39 is 0 Å². The van der Waals surface area contributed by atoms with E-state index in [9.17, 15) is 0 Å². The van der Waals surface area contributed by atoms with E-state index in [1.807, 2.05) is 83.1 Å². The minimum absolute atomic E-state index is 0.717. The van der Waals surface area contributed by atoms with Crippen molar-refractivity contribution >= 4 is 48.7 Å². The average Bonchev–Trinajstić information content (AvgIpc) is 3.46. The van der Waals surface area contributed by atoms with Gasteiger partial charge in [0, 0.05) is 0 Å². The maximum absolute atomic E-state index is 2.41. The second-order valence-corrected chi connectivity index (χ2v) is 18.9. The number of benzene rings is 8. The lowest BCUT2D eigenvalue weighted by Gasteiger charge is -2.29. The van der Waals surface area contributed by atoms with Gasteiger partial charge in [-0.3, -0.25) is 0 Å². The molecule has 0 bridgehead atoms. The third-order valence-corrected chi connectivity index (χ3v) is 13.4. The highest BCUT2D eigenvalue weighted by molar-refractivity contribution is 6.27. The summed E-state index contributed by atoms with van der Waals surface area (Å²) in [7, 11) is 0. The number of rotatable bonds is 6. The van der Waals surface area contributed by atoms with Gasteiger partial charge < -0.3 is 0 Å². The summed E-state index contributed by atoms with van der Waals surface area (Å²) in [6.45, 7) is 46.1. The smallest absolute Gasteiger partial charge is 0.00203 e. The van der Waals surface area contributed by atoms with Gasteiger partial charge in [-0.1, -0.05) is 296 Å². The zero-order chi connectivity index (χ0) is 56.6. The van der Waals surface area contributed by atoms with Crippen LogP contribution < -0.4 is 0 Å². The van der Waals surface area contributed by atoms with Crippen LogP contribution in [0.25, 0.3) is 70.9 Å². The summed E-state index contributed by atoms with van der Waals surface area (Å²) in [5, 5.41) is 10.7. The fourth-order valence-corrected chi connectivity index (χ4v) is 9.13. The van der Waals surface area contributed by atoms with Crippen molar-refractivity contribution in [1.82, 2.24) is 0 Å². The van der Waals surface area contributed by atoms with Crippen molar-refractivity contribution < 1.29 is 0 Å². The Hall–Kier alpha value is -5.72. The molecule has 0 heteroatoms. The van der Waals surface area contributed by atoms with E-state index in [0.29, 0.717) is 0 Å². The molecule has 0 aliphatic heterocycles. The van der Waals surface area contributed by atoms with Crippen molar-refractivity contribution in [2.75, 3.05) is 0 Å². The Morgan fingerprint density at radius 3 is 1.37 bits per heavy atom. The van der Waals surface area contributed by atoms with Crippen LogP contribution in [0.2, 0.25) is 0 Å². The van der Waals surface area contributed by atoms with Gasteiger partial charge in [-0.2, -0.15) is 0 Å². The molecule has 75 heavy (non-hydrogen) atoms. The molecule has 0 saturated heterocycles. The zero-order valence-electron chi connectivity index (χ0n) is 51.9. The Kier molecular flexibility index (Phi) is 33.3. The number of fused-ring (bicyclic) bond motifs is 2. The lowest BCUT2D eigenvalue weighted by atomic mass is 9.76. The van der Waals surface area contributed by atoms with Crippen molar-refractivity contribution in [2.45, 2.75) is 191 Å². The summed E-state index contributed by atoms with van der Waals surface area (Å²) >= 11 is 0. The summed E-state index contributed by atoms with van der Waals surface area (Å²) in [6, 6.07) is 49.8. The Balaban J connectivity index is 0.000000568. The van der Waals surface area contributed by atoms with Gasteiger partial charge >= 0.3 is 0 Å². The van der Waals surface area contributed by atoms with Crippen LogP contribution in [0.5, 0.6) is 0 Å². The molecule has 0 nitrogen and oxygen atoms in total. The van der Waals surface area contributed by atoms with Crippen LogP contribution in [0.3, 0.4) is 0 Å². The third kappa shape index (κ3) is 18.5. The fraction of sp³-hybridized carbons (Fsp3) is 0.413. The van der Waals surface area contributed by atoms with Gasteiger partial charge in [0.1, 0.15) is 0 Å². The van der Waals surface area contributed by atoms with Crippen molar-refractivity contribution in [2.24, 2.45) is 17.8 Å². The molecule has 0 spiro atoms. The lowest BCUT2D eigenvalue weighted by Crippen LogP contribution is -2.12. The second kappa shape index (κ2) is 37.1. The molecule has 1 atom stereocenters. The molecular weight excluding hydrogens is 901 g/mol. The van der Waals surface area contributed by atoms with E-state index in [1.165, 1.54) is 131 Å². The molecule has 8 aromatic carbocycles. The van der Waals surface area contributed by atoms with Crippen LogP contribution >= 0.6 is 0 Å². The highest BCUT2D eigenvalue weighted by Gasteiger charge is 2.24. The lowest BCUT2D eigenvalue weighted by molar-refractivity contribution is 0.457. The zero-order valence-corrected chi connectivity index (χ0v) is 51.9. The number of hydrogen-bond donors (Lipinski definition) is 0. The molecule has 0 radical (unpaired) electrons. The summed E-state index contributed by atoms with van der Waals surface area (Å²) < 4.78 is 0. The number of allylic oxidation sites excluding steroid dienone is 6. The van der Waals surface area contributed by atoms with E-state index in [0.717, 1.165) is 24.2 Å². The van der Waals surface area contributed by atoms with Gasteiger partial charge in [0.25, 0.3) is 0 Å². The molecule has 0 saturated carbocycles. The highest BCUT2D eigenvalue weighted by atomic mass is 14.3. The van der Waals surface area contributed by atoms with Crippen LogP contribution in [0.1, 0.15) is 193 Å². The van der Waals surface area contributed by atoms with Crippen LogP contribution in [-0.2, 0) is 6.42 Å². The number of aryl methyl sites for hydroxylation is 3. The molecule has 8 aromatic rings. The Bertz CT molecular complexity index is 2870. The first kappa shape index (κ1) is 67.3. The summed E-state index contributed by atoms with van der Waals surface area (Å²) in [5.41, 5.74) is 15.3. The maximum Gasteiger partial charge on any atom is -0.00203 e. The van der Waals surface area contributed by atoms with Gasteiger partial charge in [-0.05, 0) is 169 Å². The molecule has 0 amide bonds. The fourth-order valence-electron chi connectivity index (χ4n) is 9.13. The van der Waals surface area contributed by atoms with Gasteiger partial charge in [-0.25, -0.2) is 0 Å². The normalized spacial score (nSPS) is 12.7. The first-order chi connectivity index (χ1) is 36.5. The summed E-state index contributed by atoms with van der Waals surface area (Å²) in [5.74, 6) is 2.42. The van der Waals surface area contributed by atoms with Crippen LogP contribution in [0, 0.1) is 31.6 Å². The van der Waals surface area contributed by atoms with Crippen LogP contribution in [-0.4, -0.2) is 0 Å². The van der Waals surface area contributed by atoms with Gasteiger partial charge in [-0.15, -0.1) is 0 Å². The molecule has 2 aliphatic carbocycles. The third-order valence-electron chi connectivity index (χ3n) is 13.4. The Morgan fingerprint density at radius 1 is 0.480 bits per heavy atom. The first-order valence-corrected chi connectivity index (χ1v) is 30.0. The van der Waals surface area contributed by atoms with Crippen LogP contribution in [0.4, 0.5) is 0 Å². The Labute approximate surface area is 462 Å². The van der Waals surface area contributed by atoms with Crippen molar-refractivity contribution in [3.63, 3.8) is 0 Å². The monoisotopic (exact) mass is 1010 g/mol. The minimum atomic E-state index is 0.717.